The Morgan fingerprint density at radius 1 is 1.50 bits per heavy atom. The number of carboxylic acids is 1. The van der Waals surface area contributed by atoms with Crippen molar-refractivity contribution < 1.29 is 9.90 Å². The average molecular weight is 301 g/mol. The summed E-state index contributed by atoms with van der Waals surface area (Å²) in [5.74, 6) is -0.875. The van der Waals surface area contributed by atoms with Crippen molar-refractivity contribution in [2.24, 2.45) is 7.05 Å². The Balaban J connectivity index is 2.92. The second-order valence-corrected chi connectivity index (χ2v) is 4.25. The number of aryl methyl sites for hydroxylation is 1. The lowest BCUT2D eigenvalue weighted by atomic mass is 10.1. The van der Waals surface area contributed by atoms with E-state index in [0.717, 1.165) is 14.5 Å². The van der Waals surface area contributed by atoms with E-state index in [9.17, 15) is 4.79 Å². The first-order valence-corrected chi connectivity index (χ1v) is 5.16. The molecular formula is C10H8INO2. The van der Waals surface area contributed by atoms with E-state index in [4.69, 9.17) is 5.11 Å². The number of hydrogen-bond donors (Lipinski definition) is 1. The van der Waals surface area contributed by atoms with Gasteiger partial charge in [-0.05, 0) is 34.7 Å². The number of rotatable bonds is 1. The van der Waals surface area contributed by atoms with Crippen molar-refractivity contribution in [3.8, 4) is 0 Å². The van der Waals surface area contributed by atoms with Crippen molar-refractivity contribution in [1.29, 1.82) is 0 Å². The molecule has 3 nitrogen and oxygen atoms in total. The predicted octanol–water partition coefficient (Wildman–Crippen LogP) is 2.48. The van der Waals surface area contributed by atoms with Crippen molar-refractivity contribution in [2.45, 2.75) is 0 Å². The molecule has 0 bridgehead atoms. The second kappa shape index (κ2) is 3.27. The summed E-state index contributed by atoms with van der Waals surface area (Å²) in [4.78, 5) is 11.0. The molecule has 4 heteroatoms. The van der Waals surface area contributed by atoms with Crippen molar-refractivity contribution in [1.82, 2.24) is 4.57 Å². The molecule has 0 amide bonds. The van der Waals surface area contributed by atoms with E-state index in [1.807, 2.05) is 23.9 Å². The van der Waals surface area contributed by atoms with Gasteiger partial charge in [-0.1, -0.05) is 6.07 Å². The van der Waals surface area contributed by atoms with Gasteiger partial charge >= 0.3 is 5.97 Å². The molecular weight excluding hydrogens is 293 g/mol. The lowest BCUT2D eigenvalue weighted by Gasteiger charge is -1.99. The standard InChI is InChI=1S/C10H8INO2/c1-12-5-7(11)9-6(10(13)14)3-2-4-8(9)12/h2-5H,1H3,(H,13,14). The third kappa shape index (κ3) is 1.30. The van der Waals surface area contributed by atoms with E-state index in [0.29, 0.717) is 5.56 Å². The van der Waals surface area contributed by atoms with E-state index in [1.165, 1.54) is 0 Å². The third-order valence-corrected chi connectivity index (χ3v) is 3.02. The van der Waals surface area contributed by atoms with Gasteiger partial charge in [0.15, 0.2) is 0 Å². The summed E-state index contributed by atoms with van der Waals surface area (Å²) in [6.45, 7) is 0. The van der Waals surface area contributed by atoms with Gasteiger partial charge in [-0.25, -0.2) is 4.79 Å². The molecule has 1 aromatic carbocycles. The van der Waals surface area contributed by atoms with E-state index >= 15 is 0 Å². The summed E-state index contributed by atoms with van der Waals surface area (Å²) in [5, 5.41) is 9.83. The number of benzene rings is 1. The highest BCUT2D eigenvalue weighted by Gasteiger charge is 2.13. The number of nitrogens with zero attached hydrogens (tertiary/aromatic N) is 1. The second-order valence-electron chi connectivity index (χ2n) is 3.09. The van der Waals surface area contributed by atoms with Gasteiger partial charge in [0.05, 0.1) is 5.56 Å². The zero-order valence-corrected chi connectivity index (χ0v) is 9.65. The average Bonchev–Trinajstić information content (AvgIpc) is 2.43. The Morgan fingerprint density at radius 2 is 2.21 bits per heavy atom. The summed E-state index contributed by atoms with van der Waals surface area (Å²) in [6.07, 6.45) is 1.93. The first-order chi connectivity index (χ1) is 6.61. The topological polar surface area (TPSA) is 42.2 Å². The van der Waals surface area contributed by atoms with Gasteiger partial charge in [0, 0.05) is 27.7 Å². The molecule has 0 aliphatic rings. The van der Waals surface area contributed by atoms with Crippen molar-refractivity contribution >= 4 is 39.5 Å². The van der Waals surface area contributed by atoms with Gasteiger partial charge in [-0.2, -0.15) is 0 Å². The maximum atomic E-state index is 11.0. The summed E-state index contributed by atoms with van der Waals surface area (Å²) in [6, 6.07) is 5.32. The van der Waals surface area contributed by atoms with E-state index in [2.05, 4.69) is 22.6 Å². The maximum absolute atomic E-state index is 11.0. The molecule has 0 radical (unpaired) electrons. The lowest BCUT2D eigenvalue weighted by Crippen LogP contribution is -1.97. The van der Waals surface area contributed by atoms with E-state index < -0.39 is 5.97 Å². The van der Waals surface area contributed by atoms with Crippen molar-refractivity contribution in [3.63, 3.8) is 0 Å². The molecule has 0 fully saturated rings. The van der Waals surface area contributed by atoms with Gasteiger partial charge in [0.25, 0.3) is 0 Å². The zero-order valence-electron chi connectivity index (χ0n) is 7.49. The molecule has 1 aromatic heterocycles. The molecule has 2 aromatic rings. The van der Waals surface area contributed by atoms with Crippen LogP contribution in [0.3, 0.4) is 0 Å². The third-order valence-electron chi connectivity index (χ3n) is 2.20. The molecule has 0 unspecified atom stereocenters. The van der Waals surface area contributed by atoms with Crippen molar-refractivity contribution in [3.05, 3.63) is 33.5 Å². The number of hydrogen-bond acceptors (Lipinski definition) is 1. The predicted molar refractivity (Wildman–Crippen MR) is 62.6 cm³/mol. The van der Waals surface area contributed by atoms with Crippen LogP contribution in [-0.4, -0.2) is 15.6 Å². The molecule has 0 spiro atoms. The minimum absolute atomic E-state index is 0.368. The fraction of sp³-hybridized carbons (Fsp3) is 0.100. The first-order valence-electron chi connectivity index (χ1n) is 4.08. The summed E-state index contributed by atoms with van der Waals surface area (Å²) in [7, 11) is 1.91. The quantitative estimate of drug-likeness (QED) is 0.822. The van der Waals surface area contributed by atoms with E-state index in [1.54, 1.807) is 12.1 Å². The van der Waals surface area contributed by atoms with Gasteiger partial charge < -0.3 is 9.67 Å². The van der Waals surface area contributed by atoms with Crippen LogP contribution in [0.1, 0.15) is 10.4 Å². The summed E-state index contributed by atoms with van der Waals surface area (Å²) < 4.78 is 2.90. The Hall–Kier alpha value is -1.04. The summed E-state index contributed by atoms with van der Waals surface area (Å²) in [5.41, 5.74) is 1.32. The normalized spacial score (nSPS) is 10.7. The first kappa shape index (κ1) is 9.51. The summed E-state index contributed by atoms with van der Waals surface area (Å²) >= 11 is 2.15. The van der Waals surface area contributed by atoms with E-state index in [-0.39, 0.29) is 0 Å². The number of fused-ring (bicyclic) bond motifs is 1. The molecule has 72 valence electrons. The van der Waals surface area contributed by atoms with Crippen molar-refractivity contribution in [2.75, 3.05) is 0 Å². The highest BCUT2D eigenvalue weighted by atomic mass is 127. The molecule has 14 heavy (non-hydrogen) atoms. The molecule has 0 aliphatic heterocycles. The molecule has 0 saturated heterocycles. The molecule has 1 heterocycles. The fourth-order valence-electron chi connectivity index (χ4n) is 1.57. The Bertz CT molecular complexity index is 516. The molecule has 1 N–H and O–H groups in total. The van der Waals surface area contributed by atoms with Crippen LogP contribution in [0, 0.1) is 3.57 Å². The number of carboxylic acid groups (broad SMARTS) is 1. The maximum Gasteiger partial charge on any atom is 0.336 e. The zero-order chi connectivity index (χ0) is 10.3. The Kier molecular flexibility index (Phi) is 2.22. The minimum Gasteiger partial charge on any atom is -0.478 e. The number of aromatic carboxylic acids is 1. The molecule has 2 rings (SSSR count). The van der Waals surface area contributed by atoms with Gasteiger partial charge in [-0.15, -0.1) is 0 Å². The SMILES string of the molecule is Cn1cc(I)c2c(C(=O)O)cccc21. The highest BCUT2D eigenvalue weighted by molar-refractivity contribution is 14.1. The monoisotopic (exact) mass is 301 g/mol. The van der Waals surface area contributed by atoms with Crippen LogP contribution < -0.4 is 0 Å². The molecule has 0 saturated carbocycles. The fourth-order valence-corrected chi connectivity index (χ4v) is 2.55. The smallest absolute Gasteiger partial charge is 0.336 e. The van der Waals surface area contributed by atoms with Crippen LogP contribution >= 0.6 is 22.6 Å². The van der Waals surface area contributed by atoms with Gasteiger partial charge in [0.2, 0.25) is 0 Å². The Morgan fingerprint density at radius 3 is 2.86 bits per heavy atom. The van der Waals surface area contributed by atoms with Crippen LogP contribution in [0.25, 0.3) is 10.9 Å². The van der Waals surface area contributed by atoms with Crippen LogP contribution in [-0.2, 0) is 7.05 Å². The number of halogens is 1. The van der Waals surface area contributed by atoms with Crippen LogP contribution in [0.4, 0.5) is 0 Å². The Labute approximate surface area is 94.5 Å². The lowest BCUT2D eigenvalue weighted by molar-refractivity contribution is 0.0699. The minimum atomic E-state index is -0.875. The number of carbonyl (C=O) groups is 1. The van der Waals surface area contributed by atoms with Crippen LogP contribution in [0.2, 0.25) is 0 Å². The van der Waals surface area contributed by atoms with Crippen LogP contribution in [0.15, 0.2) is 24.4 Å². The van der Waals surface area contributed by atoms with Gasteiger partial charge in [0.1, 0.15) is 0 Å². The number of aromatic nitrogens is 1. The largest absolute Gasteiger partial charge is 0.478 e. The highest BCUT2D eigenvalue weighted by Crippen LogP contribution is 2.25. The molecule has 0 atom stereocenters. The molecule has 0 aliphatic carbocycles. The van der Waals surface area contributed by atoms with Gasteiger partial charge in [-0.3, -0.25) is 0 Å². The van der Waals surface area contributed by atoms with Crippen LogP contribution in [0.5, 0.6) is 0 Å².